The molecule has 0 aliphatic carbocycles. The third kappa shape index (κ3) is 4.10. The van der Waals surface area contributed by atoms with Crippen molar-refractivity contribution in [1.82, 2.24) is 9.97 Å². The summed E-state index contributed by atoms with van der Waals surface area (Å²) in [6.07, 6.45) is 3.00. The van der Waals surface area contributed by atoms with Crippen LogP contribution in [-0.4, -0.2) is 42.5 Å². The van der Waals surface area contributed by atoms with E-state index in [1.807, 2.05) is 36.1 Å². The molecule has 1 aromatic heterocycles. The third-order valence-corrected chi connectivity index (χ3v) is 3.64. The number of nitrogens with zero attached hydrogens (tertiary/aromatic N) is 4. The lowest BCUT2D eigenvalue weighted by Crippen LogP contribution is -2.37. The summed E-state index contributed by atoms with van der Waals surface area (Å²) in [5, 5.41) is 0. The Bertz CT molecular complexity index is 681. The van der Waals surface area contributed by atoms with Gasteiger partial charge < -0.3 is 9.64 Å². The molecule has 0 bridgehead atoms. The Balaban J connectivity index is 1.69. The van der Waals surface area contributed by atoms with Crippen LogP contribution < -0.4 is 4.90 Å². The van der Waals surface area contributed by atoms with E-state index in [0.29, 0.717) is 44.5 Å². The lowest BCUT2D eigenvalue weighted by molar-refractivity contribution is 0.122. The molecular weight excluding hydrogens is 295 g/mol. The van der Waals surface area contributed by atoms with Crippen molar-refractivity contribution < 1.29 is 9.13 Å². The van der Waals surface area contributed by atoms with E-state index in [1.165, 1.54) is 11.8 Å². The van der Waals surface area contributed by atoms with E-state index in [1.54, 1.807) is 6.21 Å². The number of aliphatic imine (C=N–C) groups is 1. The molecule has 2 aromatic rings. The number of aryl methyl sites for hydroxylation is 1. The van der Waals surface area contributed by atoms with Crippen LogP contribution in [0.15, 0.2) is 35.5 Å². The van der Waals surface area contributed by atoms with Gasteiger partial charge in [-0.3, -0.25) is 4.99 Å². The fourth-order valence-corrected chi connectivity index (χ4v) is 2.35. The summed E-state index contributed by atoms with van der Waals surface area (Å²) in [6, 6.07) is 8.07. The molecule has 0 radical (unpaired) electrons. The molecule has 0 atom stereocenters. The Morgan fingerprint density at radius 3 is 2.74 bits per heavy atom. The number of rotatable bonds is 4. The number of ether oxygens (including phenoxy) is 1. The lowest BCUT2D eigenvalue weighted by atomic mass is 10.2. The summed E-state index contributed by atoms with van der Waals surface area (Å²) in [7, 11) is 0. The summed E-state index contributed by atoms with van der Waals surface area (Å²) in [5.41, 5.74) is 2.23. The van der Waals surface area contributed by atoms with E-state index in [9.17, 15) is 4.39 Å². The molecule has 0 unspecified atom stereocenters. The third-order valence-electron chi connectivity index (χ3n) is 3.64. The SMILES string of the molecule is Cc1ccc(C=NCc2ncc(F)c(N3CCOCC3)n2)cc1. The molecule has 23 heavy (non-hydrogen) atoms. The van der Waals surface area contributed by atoms with Crippen LogP contribution in [-0.2, 0) is 11.3 Å². The van der Waals surface area contributed by atoms with E-state index in [-0.39, 0.29) is 0 Å². The molecule has 120 valence electrons. The number of aromatic nitrogens is 2. The number of anilines is 1. The molecule has 1 fully saturated rings. The van der Waals surface area contributed by atoms with Crippen molar-refractivity contribution in [3.63, 3.8) is 0 Å². The topological polar surface area (TPSA) is 50.6 Å². The Morgan fingerprint density at radius 2 is 2.00 bits per heavy atom. The Morgan fingerprint density at radius 1 is 1.26 bits per heavy atom. The van der Waals surface area contributed by atoms with Gasteiger partial charge in [0.2, 0.25) is 0 Å². The van der Waals surface area contributed by atoms with Gasteiger partial charge in [0.1, 0.15) is 0 Å². The van der Waals surface area contributed by atoms with Crippen molar-refractivity contribution in [3.8, 4) is 0 Å². The van der Waals surface area contributed by atoms with Crippen LogP contribution in [0.4, 0.5) is 10.2 Å². The zero-order valence-corrected chi connectivity index (χ0v) is 13.1. The average molecular weight is 314 g/mol. The Hall–Kier alpha value is -2.34. The Kier molecular flexibility index (Phi) is 4.92. The molecule has 0 amide bonds. The summed E-state index contributed by atoms with van der Waals surface area (Å²) in [5.74, 6) is 0.443. The zero-order chi connectivity index (χ0) is 16.1. The van der Waals surface area contributed by atoms with Gasteiger partial charge in [0.05, 0.1) is 26.0 Å². The molecule has 6 heteroatoms. The maximum atomic E-state index is 13.9. The van der Waals surface area contributed by atoms with Crippen LogP contribution in [0.2, 0.25) is 0 Å². The highest BCUT2D eigenvalue weighted by Gasteiger charge is 2.17. The van der Waals surface area contributed by atoms with Gasteiger partial charge in [-0.25, -0.2) is 14.4 Å². The summed E-state index contributed by atoms with van der Waals surface area (Å²) >= 11 is 0. The fraction of sp³-hybridized carbons (Fsp3) is 0.353. The molecule has 2 heterocycles. The average Bonchev–Trinajstić information content (AvgIpc) is 2.59. The second-order valence-corrected chi connectivity index (χ2v) is 5.44. The van der Waals surface area contributed by atoms with Crippen molar-refractivity contribution in [3.05, 3.63) is 53.2 Å². The molecule has 5 nitrogen and oxygen atoms in total. The Labute approximate surface area is 134 Å². The lowest BCUT2D eigenvalue weighted by Gasteiger charge is -2.28. The standard InChI is InChI=1S/C17H19FN4O/c1-13-2-4-14(5-3-13)10-19-12-16-20-11-15(18)17(21-16)22-6-8-23-9-7-22/h2-5,10-11H,6-9,12H2,1H3. The van der Waals surface area contributed by atoms with Crippen molar-refractivity contribution in [2.75, 3.05) is 31.2 Å². The maximum absolute atomic E-state index is 13.9. The smallest absolute Gasteiger partial charge is 0.183 e. The van der Waals surface area contributed by atoms with Crippen molar-refractivity contribution in [1.29, 1.82) is 0 Å². The van der Waals surface area contributed by atoms with Gasteiger partial charge in [-0.2, -0.15) is 0 Å². The normalized spacial score (nSPS) is 15.3. The highest BCUT2D eigenvalue weighted by molar-refractivity contribution is 5.79. The second-order valence-electron chi connectivity index (χ2n) is 5.44. The monoisotopic (exact) mass is 314 g/mol. The summed E-state index contributed by atoms with van der Waals surface area (Å²) in [6.45, 7) is 4.82. The van der Waals surface area contributed by atoms with Gasteiger partial charge in [0.15, 0.2) is 17.5 Å². The summed E-state index contributed by atoms with van der Waals surface area (Å²) < 4.78 is 19.2. The minimum atomic E-state index is -0.404. The van der Waals surface area contributed by atoms with Gasteiger partial charge in [0, 0.05) is 19.3 Å². The van der Waals surface area contributed by atoms with Crippen LogP contribution in [0.1, 0.15) is 17.0 Å². The van der Waals surface area contributed by atoms with E-state index < -0.39 is 5.82 Å². The van der Waals surface area contributed by atoms with Gasteiger partial charge in [-0.15, -0.1) is 0 Å². The minimum Gasteiger partial charge on any atom is -0.378 e. The quantitative estimate of drug-likeness (QED) is 0.813. The highest BCUT2D eigenvalue weighted by Crippen LogP contribution is 2.17. The number of hydrogen-bond acceptors (Lipinski definition) is 5. The number of hydrogen-bond donors (Lipinski definition) is 0. The van der Waals surface area contributed by atoms with E-state index in [0.717, 1.165) is 5.56 Å². The van der Waals surface area contributed by atoms with Crippen LogP contribution in [0.5, 0.6) is 0 Å². The van der Waals surface area contributed by atoms with Gasteiger partial charge in [-0.1, -0.05) is 29.8 Å². The first kappa shape index (κ1) is 15.6. The predicted molar refractivity (Wildman–Crippen MR) is 87.5 cm³/mol. The van der Waals surface area contributed by atoms with Crippen LogP contribution in [0.25, 0.3) is 0 Å². The second kappa shape index (κ2) is 7.28. The van der Waals surface area contributed by atoms with Gasteiger partial charge in [0.25, 0.3) is 0 Å². The first-order valence-corrected chi connectivity index (χ1v) is 7.63. The molecule has 1 saturated heterocycles. The van der Waals surface area contributed by atoms with Crippen LogP contribution in [0, 0.1) is 12.7 Å². The largest absolute Gasteiger partial charge is 0.378 e. The number of morpholine rings is 1. The van der Waals surface area contributed by atoms with Crippen LogP contribution in [0.3, 0.4) is 0 Å². The molecule has 0 saturated carbocycles. The molecular formula is C17H19FN4O. The van der Waals surface area contributed by atoms with E-state index in [2.05, 4.69) is 15.0 Å². The number of benzene rings is 1. The minimum absolute atomic E-state index is 0.325. The van der Waals surface area contributed by atoms with Crippen molar-refractivity contribution in [2.24, 2.45) is 4.99 Å². The number of halogens is 1. The molecule has 3 rings (SSSR count). The molecule has 1 aliphatic rings. The van der Waals surface area contributed by atoms with E-state index in [4.69, 9.17) is 4.74 Å². The maximum Gasteiger partial charge on any atom is 0.183 e. The first-order valence-electron chi connectivity index (χ1n) is 7.63. The van der Waals surface area contributed by atoms with E-state index >= 15 is 0 Å². The predicted octanol–water partition coefficient (Wildman–Crippen LogP) is 2.38. The fourth-order valence-electron chi connectivity index (χ4n) is 2.35. The summed E-state index contributed by atoms with van der Waals surface area (Å²) in [4.78, 5) is 14.6. The highest BCUT2D eigenvalue weighted by atomic mass is 19.1. The van der Waals surface area contributed by atoms with Crippen molar-refractivity contribution >= 4 is 12.0 Å². The molecule has 1 aromatic carbocycles. The molecule has 0 N–H and O–H groups in total. The molecule has 1 aliphatic heterocycles. The zero-order valence-electron chi connectivity index (χ0n) is 13.1. The van der Waals surface area contributed by atoms with Crippen LogP contribution >= 0.6 is 0 Å². The first-order chi connectivity index (χ1) is 11.2. The molecule has 0 spiro atoms. The van der Waals surface area contributed by atoms with Gasteiger partial charge >= 0.3 is 0 Å². The van der Waals surface area contributed by atoms with Gasteiger partial charge in [-0.05, 0) is 12.5 Å². The van der Waals surface area contributed by atoms with Crippen molar-refractivity contribution in [2.45, 2.75) is 13.5 Å².